The van der Waals surface area contributed by atoms with Crippen molar-refractivity contribution in [2.24, 2.45) is 0 Å². The lowest BCUT2D eigenvalue weighted by atomic mass is 10.1. The summed E-state index contributed by atoms with van der Waals surface area (Å²) in [7, 11) is 0. The molecule has 1 aromatic carbocycles. The van der Waals surface area contributed by atoms with Crippen LogP contribution in [0, 0.1) is 0 Å². The molecule has 0 amide bonds. The normalized spacial score (nSPS) is 20.1. The van der Waals surface area contributed by atoms with E-state index in [1.54, 1.807) is 0 Å². The van der Waals surface area contributed by atoms with Crippen molar-refractivity contribution in [3.8, 4) is 0 Å². The van der Waals surface area contributed by atoms with Crippen LogP contribution in [0.25, 0.3) is 0 Å². The number of benzene rings is 1. The highest BCUT2D eigenvalue weighted by Gasteiger charge is 2.28. The Morgan fingerprint density at radius 2 is 1.89 bits per heavy atom. The number of nitrogens with one attached hydrogen (secondary N) is 1. The van der Waals surface area contributed by atoms with Crippen molar-refractivity contribution < 1.29 is 0 Å². The summed E-state index contributed by atoms with van der Waals surface area (Å²) in [4.78, 5) is 0. The van der Waals surface area contributed by atoms with Crippen molar-refractivity contribution in [3.05, 3.63) is 30.3 Å². The van der Waals surface area contributed by atoms with Gasteiger partial charge in [0.1, 0.15) is 5.50 Å². The van der Waals surface area contributed by atoms with Crippen LogP contribution in [0.5, 0.6) is 0 Å². The van der Waals surface area contributed by atoms with Crippen LogP contribution >= 0.6 is 12.6 Å². The average molecular weight is 279 g/mol. The largest absolute Gasteiger partial charge is 0.289 e. The van der Waals surface area contributed by atoms with Crippen molar-refractivity contribution in [2.75, 3.05) is 18.2 Å². The molecule has 1 aliphatic rings. The lowest BCUT2D eigenvalue weighted by Gasteiger charge is -2.30. The molecule has 1 fully saturated rings. The molecule has 0 radical (unpaired) electrons. The number of hydrogen-bond donors (Lipinski definition) is 2. The highest BCUT2D eigenvalue weighted by atomic mass is 32.1. The van der Waals surface area contributed by atoms with Gasteiger partial charge in [-0.05, 0) is 18.6 Å². The molecule has 1 saturated heterocycles. The molecule has 3 nitrogen and oxygen atoms in total. The lowest BCUT2D eigenvalue weighted by molar-refractivity contribution is 0.278. The van der Waals surface area contributed by atoms with Gasteiger partial charge in [0, 0.05) is 6.54 Å². The minimum absolute atomic E-state index is 0.131. The zero-order valence-corrected chi connectivity index (χ0v) is 12.6. The van der Waals surface area contributed by atoms with Gasteiger partial charge in [0.25, 0.3) is 0 Å². The molecule has 1 atom stereocenters. The van der Waals surface area contributed by atoms with Gasteiger partial charge in [-0.1, -0.05) is 50.8 Å². The van der Waals surface area contributed by atoms with Gasteiger partial charge in [0.2, 0.25) is 0 Å². The highest BCUT2D eigenvalue weighted by Crippen LogP contribution is 2.22. The fraction of sp³-hybridized carbons (Fsp3) is 0.600. The molecule has 1 N–H and O–H groups in total. The molecule has 1 aliphatic heterocycles. The van der Waals surface area contributed by atoms with E-state index in [1.165, 1.54) is 37.8 Å². The van der Waals surface area contributed by atoms with Crippen LogP contribution in [0.3, 0.4) is 0 Å². The molecule has 0 bridgehead atoms. The Labute approximate surface area is 122 Å². The van der Waals surface area contributed by atoms with Crippen molar-refractivity contribution in [2.45, 2.75) is 44.5 Å². The second kappa shape index (κ2) is 7.78. The van der Waals surface area contributed by atoms with E-state index in [1.807, 2.05) is 0 Å². The fourth-order valence-electron chi connectivity index (χ4n) is 2.46. The van der Waals surface area contributed by atoms with Gasteiger partial charge >= 0.3 is 0 Å². The number of thiol groups is 1. The smallest absolute Gasteiger partial charge is 0.124 e. The molecular weight excluding hydrogens is 254 g/mol. The van der Waals surface area contributed by atoms with E-state index >= 15 is 0 Å². The first-order chi connectivity index (χ1) is 9.33. The average Bonchev–Trinajstić information content (AvgIpc) is 2.81. The zero-order chi connectivity index (χ0) is 13.5. The summed E-state index contributed by atoms with van der Waals surface area (Å²) < 4.78 is 0. The molecular formula is C15H25N3S. The molecule has 0 aromatic heterocycles. The summed E-state index contributed by atoms with van der Waals surface area (Å²) in [6.45, 7) is 4.16. The maximum Gasteiger partial charge on any atom is 0.124 e. The molecule has 106 valence electrons. The van der Waals surface area contributed by atoms with Crippen molar-refractivity contribution in [1.82, 2.24) is 10.3 Å². The lowest BCUT2D eigenvalue weighted by Crippen LogP contribution is -2.40. The van der Waals surface area contributed by atoms with E-state index in [0.29, 0.717) is 0 Å². The topological polar surface area (TPSA) is 18.5 Å². The summed E-state index contributed by atoms with van der Waals surface area (Å²) in [6, 6.07) is 10.5. The second-order valence-corrected chi connectivity index (χ2v) is 5.54. The van der Waals surface area contributed by atoms with Crippen LogP contribution < -0.4 is 10.3 Å². The monoisotopic (exact) mass is 279 g/mol. The summed E-state index contributed by atoms with van der Waals surface area (Å²) >= 11 is 4.61. The highest BCUT2D eigenvalue weighted by molar-refractivity contribution is 7.80. The van der Waals surface area contributed by atoms with Crippen LogP contribution in [0.4, 0.5) is 5.69 Å². The Kier molecular flexibility index (Phi) is 6.01. The molecule has 0 aliphatic carbocycles. The van der Waals surface area contributed by atoms with Gasteiger partial charge in [0.15, 0.2) is 0 Å². The van der Waals surface area contributed by atoms with Gasteiger partial charge in [-0.15, -0.1) is 12.6 Å². The Balaban J connectivity index is 1.86. The minimum Gasteiger partial charge on any atom is -0.289 e. The van der Waals surface area contributed by atoms with E-state index < -0.39 is 0 Å². The third-order valence-corrected chi connectivity index (χ3v) is 4.01. The Morgan fingerprint density at radius 1 is 1.16 bits per heavy atom. The summed E-state index contributed by atoms with van der Waals surface area (Å²) in [5.41, 5.74) is 1.37. The molecule has 19 heavy (non-hydrogen) atoms. The van der Waals surface area contributed by atoms with E-state index in [4.69, 9.17) is 0 Å². The summed E-state index contributed by atoms with van der Waals surface area (Å²) in [5, 5.41) is 8.00. The molecule has 1 heterocycles. The number of anilines is 1. The summed E-state index contributed by atoms with van der Waals surface area (Å²) in [5.74, 6) is 0. The van der Waals surface area contributed by atoms with E-state index in [-0.39, 0.29) is 5.50 Å². The predicted octanol–water partition coefficient (Wildman–Crippen LogP) is 3.45. The molecule has 0 saturated carbocycles. The van der Waals surface area contributed by atoms with Gasteiger partial charge in [-0.25, -0.2) is 0 Å². The second-order valence-electron chi connectivity index (χ2n) is 5.05. The number of hydrazine groups is 1. The third kappa shape index (κ3) is 4.13. The van der Waals surface area contributed by atoms with Crippen LogP contribution in [0.1, 0.15) is 39.0 Å². The van der Waals surface area contributed by atoms with Gasteiger partial charge < -0.3 is 0 Å². The van der Waals surface area contributed by atoms with E-state index in [2.05, 4.69) is 65.2 Å². The molecule has 1 aromatic rings. The first kappa shape index (κ1) is 14.7. The quantitative estimate of drug-likeness (QED) is 0.589. The molecule has 1 unspecified atom stereocenters. The molecule has 0 spiro atoms. The number of unbranched alkanes of at least 4 members (excludes halogenated alkanes) is 4. The molecule has 2 rings (SSSR count). The van der Waals surface area contributed by atoms with Crippen molar-refractivity contribution in [1.29, 1.82) is 0 Å². The number of nitrogens with zero attached hydrogens (tertiary/aromatic N) is 2. The first-order valence-electron chi connectivity index (χ1n) is 7.33. The van der Waals surface area contributed by atoms with E-state index in [9.17, 15) is 0 Å². The Hall–Kier alpha value is -0.710. The van der Waals surface area contributed by atoms with Crippen LogP contribution in [0.15, 0.2) is 30.3 Å². The number of para-hydroxylation sites is 1. The maximum atomic E-state index is 4.61. The standard InChI is InChI=1S/C15H25N3S/c1-2-3-4-5-9-12-17-15(19)16-13-18(17)14-10-7-6-8-11-14/h6-8,10-11,15-16,19H,2-5,9,12-13H2,1H3. The first-order valence-corrected chi connectivity index (χ1v) is 7.85. The Bertz CT molecular complexity index is 358. The third-order valence-electron chi connectivity index (χ3n) is 3.56. The fourth-order valence-corrected chi connectivity index (χ4v) is 2.78. The minimum atomic E-state index is 0.131. The van der Waals surface area contributed by atoms with Gasteiger partial charge in [0.05, 0.1) is 12.4 Å². The molecule has 4 heteroatoms. The predicted molar refractivity (Wildman–Crippen MR) is 85.2 cm³/mol. The number of rotatable bonds is 7. The zero-order valence-electron chi connectivity index (χ0n) is 11.8. The van der Waals surface area contributed by atoms with Crippen molar-refractivity contribution in [3.63, 3.8) is 0 Å². The van der Waals surface area contributed by atoms with Crippen LogP contribution in [-0.2, 0) is 0 Å². The van der Waals surface area contributed by atoms with Gasteiger partial charge in [-0.3, -0.25) is 10.3 Å². The SMILES string of the molecule is CCCCCCCN1C(S)NCN1c1ccccc1. The van der Waals surface area contributed by atoms with Crippen molar-refractivity contribution >= 4 is 18.3 Å². The van der Waals surface area contributed by atoms with Crippen LogP contribution in [-0.4, -0.2) is 23.7 Å². The summed E-state index contributed by atoms with van der Waals surface area (Å²) in [6.07, 6.45) is 6.55. The Morgan fingerprint density at radius 3 is 2.63 bits per heavy atom. The maximum absolute atomic E-state index is 4.61. The number of hydrogen-bond acceptors (Lipinski definition) is 4. The van der Waals surface area contributed by atoms with Crippen LogP contribution in [0.2, 0.25) is 0 Å². The van der Waals surface area contributed by atoms with E-state index in [0.717, 1.165) is 13.2 Å². The van der Waals surface area contributed by atoms with Gasteiger partial charge in [-0.2, -0.15) is 5.01 Å².